The minimum absolute atomic E-state index is 0.465. The van der Waals surface area contributed by atoms with Gasteiger partial charge in [0.1, 0.15) is 0 Å². The monoisotopic (exact) mass is 132 g/mol. The van der Waals surface area contributed by atoms with E-state index in [1.54, 1.807) is 0 Å². The zero-order valence-electron chi connectivity index (χ0n) is 5.63. The van der Waals surface area contributed by atoms with Gasteiger partial charge in [0.25, 0.3) is 0 Å². The molecule has 1 aromatic carbocycles. The third kappa shape index (κ3) is 1.22. The third-order valence-electron chi connectivity index (χ3n) is 1.44. The quantitative estimate of drug-likeness (QED) is 0.596. The van der Waals surface area contributed by atoms with E-state index < -0.39 is 0 Å². The molecule has 10 heavy (non-hydrogen) atoms. The maximum Gasteiger partial charge on any atom is 0.170 e. The predicted octanol–water partition coefficient (Wildman–Crippen LogP) is 1.83. The molecule has 0 spiro atoms. The first-order valence-electron chi connectivity index (χ1n) is 3.50. The van der Waals surface area contributed by atoms with Gasteiger partial charge in [0.2, 0.25) is 0 Å². The molecular weight excluding hydrogens is 124 g/mol. The molecule has 50 valence electrons. The summed E-state index contributed by atoms with van der Waals surface area (Å²) >= 11 is 0. The van der Waals surface area contributed by atoms with Crippen molar-refractivity contribution >= 4 is 0 Å². The van der Waals surface area contributed by atoms with Gasteiger partial charge < -0.3 is 4.74 Å². The Hall–Kier alpha value is -1.16. The van der Waals surface area contributed by atoms with Crippen molar-refractivity contribution in [1.29, 1.82) is 0 Å². The number of hydrogen-bond acceptors (Lipinski definition) is 1. The summed E-state index contributed by atoms with van der Waals surface area (Å²) in [6.07, 6.45) is 2.86. The number of rotatable bonds is 2. The van der Waals surface area contributed by atoms with Gasteiger partial charge in [0.05, 0.1) is 6.10 Å². The fourth-order valence-corrected chi connectivity index (χ4v) is 0.772. The van der Waals surface area contributed by atoms with Crippen molar-refractivity contribution in [1.82, 2.24) is 0 Å². The van der Waals surface area contributed by atoms with E-state index in [9.17, 15) is 0 Å². The van der Waals surface area contributed by atoms with Crippen molar-refractivity contribution < 1.29 is 4.74 Å². The molecule has 0 aliphatic heterocycles. The maximum atomic E-state index is 5.44. The smallest absolute Gasteiger partial charge is 0.170 e. The van der Waals surface area contributed by atoms with Crippen LogP contribution in [0.4, 0.5) is 0 Å². The highest BCUT2D eigenvalue weighted by Crippen LogP contribution is 2.25. The minimum atomic E-state index is 0.465. The molecular formula is C9H8O. The second-order valence-corrected chi connectivity index (χ2v) is 2.48. The minimum Gasteiger partial charge on any atom is -0.482 e. The van der Waals surface area contributed by atoms with Crippen LogP contribution in [0.3, 0.4) is 0 Å². The molecule has 1 aliphatic carbocycles. The maximum absolute atomic E-state index is 5.44. The molecule has 1 aliphatic rings. The van der Waals surface area contributed by atoms with Crippen LogP contribution in [-0.2, 0) is 0 Å². The van der Waals surface area contributed by atoms with E-state index in [4.69, 9.17) is 4.74 Å². The number of ether oxygens (including phenoxy) is 1. The SMILES string of the molecule is c1cccc(OC2CC2)c#1. The summed E-state index contributed by atoms with van der Waals surface area (Å²) in [5.74, 6) is 0.824. The molecule has 1 aromatic rings. The van der Waals surface area contributed by atoms with Crippen LogP contribution in [0.1, 0.15) is 12.8 Å². The number of hydrogen-bond donors (Lipinski definition) is 0. The highest BCUT2D eigenvalue weighted by molar-refractivity contribution is 5.15. The summed E-state index contributed by atoms with van der Waals surface area (Å²) in [5, 5.41) is 0. The molecule has 0 unspecified atom stereocenters. The average molecular weight is 132 g/mol. The topological polar surface area (TPSA) is 9.23 Å². The van der Waals surface area contributed by atoms with E-state index in [0.29, 0.717) is 6.10 Å². The van der Waals surface area contributed by atoms with Crippen molar-refractivity contribution in [2.75, 3.05) is 0 Å². The van der Waals surface area contributed by atoms with Crippen molar-refractivity contribution in [3.05, 3.63) is 30.3 Å². The van der Waals surface area contributed by atoms with E-state index in [1.165, 1.54) is 12.8 Å². The largest absolute Gasteiger partial charge is 0.482 e. The van der Waals surface area contributed by atoms with Crippen LogP contribution in [-0.4, -0.2) is 6.10 Å². The van der Waals surface area contributed by atoms with Crippen LogP contribution >= 0.6 is 0 Å². The van der Waals surface area contributed by atoms with Crippen molar-refractivity contribution in [3.63, 3.8) is 0 Å². The predicted molar refractivity (Wildman–Crippen MR) is 37.8 cm³/mol. The van der Waals surface area contributed by atoms with Gasteiger partial charge in [-0.05, 0) is 37.1 Å². The fourth-order valence-electron chi connectivity index (χ4n) is 0.772. The molecule has 0 aromatic heterocycles. The summed E-state index contributed by atoms with van der Waals surface area (Å²) in [4.78, 5) is 0. The lowest BCUT2D eigenvalue weighted by atomic mass is 10.4. The Balaban J connectivity index is 2.03. The second kappa shape index (κ2) is 2.22. The van der Waals surface area contributed by atoms with E-state index in [2.05, 4.69) is 12.1 Å². The lowest BCUT2D eigenvalue weighted by molar-refractivity contribution is 0.303. The van der Waals surface area contributed by atoms with Crippen molar-refractivity contribution in [2.45, 2.75) is 18.9 Å². The Labute approximate surface area is 60.6 Å². The van der Waals surface area contributed by atoms with Gasteiger partial charge in [-0.3, -0.25) is 0 Å². The Bertz CT molecular complexity index is 201. The fraction of sp³-hybridized carbons (Fsp3) is 0.333. The molecule has 0 radical (unpaired) electrons. The van der Waals surface area contributed by atoms with Crippen LogP contribution in [0.2, 0.25) is 0 Å². The molecule has 0 N–H and O–H groups in total. The van der Waals surface area contributed by atoms with Crippen LogP contribution in [0.25, 0.3) is 0 Å². The Morgan fingerprint density at radius 3 is 3.00 bits per heavy atom. The van der Waals surface area contributed by atoms with Gasteiger partial charge in [0.15, 0.2) is 5.75 Å². The molecule has 1 heteroatoms. The summed E-state index contributed by atoms with van der Waals surface area (Å²) in [6.45, 7) is 0. The van der Waals surface area contributed by atoms with E-state index in [1.807, 2.05) is 18.2 Å². The average Bonchev–Trinajstić information content (AvgIpc) is 2.74. The molecule has 0 heterocycles. The normalized spacial score (nSPS) is 16.0. The van der Waals surface area contributed by atoms with E-state index in [0.717, 1.165) is 5.75 Å². The first-order valence-corrected chi connectivity index (χ1v) is 3.50. The second-order valence-electron chi connectivity index (χ2n) is 2.48. The van der Waals surface area contributed by atoms with Crippen LogP contribution < -0.4 is 4.74 Å². The molecule has 0 atom stereocenters. The summed E-state index contributed by atoms with van der Waals surface area (Å²) in [6, 6.07) is 11.4. The van der Waals surface area contributed by atoms with Crippen LogP contribution in [0.15, 0.2) is 18.2 Å². The van der Waals surface area contributed by atoms with Gasteiger partial charge in [-0.15, -0.1) is 0 Å². The third-order valence-corrected chi connectivity index (χ3v) is 1.44. The summed E-state index contributed by atoms with van der Waals surface area (Å²) < 4.78 is 5.44. The molecule has 1 saturated carbocycles. The van der Waals surface area contributed by atoms with E-state index in [-0.39, 0.29) is 0 Å². The Morgan fingerprint density at radius 2 is 2.40 bits per heavy atom. The zero-order valence-corrected chi connectivity index (χ0v) is 5.63. The van der Waals surface area contributed by atoms with Gasteiger partial charge in [-0.2, -0.15) is 0 Å². The highest BCUT2D eigenvalue weighted by atomic mass is 16.5. The first-order chi connectivity index (χ1) is 4.95. The molecule has 2 rings (SSSR count). The lowest BCUT2D eigenvalue weighted by Gasteiger charge is -1.97. The molecule has 0 saturated heterocycles. The molecule has 1 fully saturated rings. The molecule has 1 nitrogen and oxygen atoms in total. The molecule has 0 bridgehead atoms. The van der Waals surface area contributed by atoms with E-state index >= 15 is 0 Å². The summed E-state index contributed by atoms with van der Waals surface area (Å²) in [5.41, 5.74) is 0. The van der Waals surface area contributed by atoms with Gasteiger partial charge in [0, 0.05) is 0 Å². The van der Waals surface area contributed by atoms with Crippen molar-refractivity contribution in [2.24, 2.45) is 0 Å². The Morgan fingerprint density at radius 1 is 1.50 bits per heavy atom. The van der Waals surface area contributed by atoms with Gasteiger partial charge in [-0.25, -0.2) is 0 Å². The van der Waals surface area contributed by atoms with Gasteiger partial charge in [-0.1, -0.05) is 6.07 Å². The lowest BCUT2D eigenvalue weighted by Crippen LogP contribution is -1.93. The van der Waals surface area contributed by atoms with Gasteiger partial charge >= 0.3 is 0 Å². The van der Waals surface area contributed by atoms with Crippen LogP contribution in [0, 0.1) is 12.1 Å². The zero-order chi connectivity index (χ0) is 6.81. The Kier molecular flexibility index (Phi) is 1.25. The van der Waals surface area contributed by atoms with Crippen molar-refractivity contribution in [3.8, 4) is 5.75 Å². The van der Waals surface area contributed by atoms with Crippen LogP contribution in [0.5, 0.6) is 5.75 Å². The standard InChI is InChI=1S/C9H8O/c1-2-4-8(5-3-1)10-9-6-7-9/h1-2,4,9H,6-7H2. The first kappa shape index (κ1) is 5.61. The summed E-state index contributed by atoms with van der Waals surface area (Å²) in [7, 11) is 0. The molecule has 0 amide bonds. The highest BCUT2D eigenvalue weighted by Gasteiger charge is 2.23.